The van der Waals surface area contributed by atoms with Gasteiger partial charge in [0.05, 0.1) is 11.0 Å². The molecule has 0 saturated heterocycles. The number of benzene rings is 7. The lowest BCUT2D eigenvalue weighted by atomic mass is 9.99. The maximum absolute atomic E-state index is 6.77. The predicted molar refractivity (Wildman–Crippen MR) is 197 cm³/mol. The minimum absolute atomic E-state index is 0.271. The van der Waals surface area contributed by atoms with Gasteiger partial charge in [-0.3, -0.25) is 0 Å². The van der Waals surface area contributed by atoms with Gasteiger partial charge in [-0.15, -0.1) is 0 Å². The van der Waals surface area contributed by atoms with Crippen molar-refractivity contribution in [2.75, 3.05) is 0 Å². The molecule has 3 heterocycles. The molecule has 1 atom stereocenters. The highest BCUT2D eigenvalue weighted by atomic mass is 16.3. The van der Waals surface area contributed by atoms with E-state index in [0.29, 0.717) is 5.84 Å². The quantitative estimate of drug-likeness (QED) is 0.214. The number of amidine groups is 2. The molecule has 10 rings (SSSR count). The molecule has 1 aliphatic rings. The summed E-state index contributed by atoms with van der Waals surface area (Å²) < 4.78 is 9.12. The second-order valence-electron chi connectivity index (χ2n) is 12.2. The summed E-state index contributed by atoms with van der Waals surface area (Å²) in [4.78, 5) is 10.1. The van der Waals surface area contributed by atoms with Gasteiger partial charge in [0.25, 0.3) is 0 Å². The zero-order valence-electron chi connectivity index (χ0n) is 25.8. The molecule has 0 amide bonds. The highest BCUT2D eigenvalue weighted by Crippen LogP contribution is 2.45. The van der Waals surface area contributed by atoms with Crippen LogP contribution in [0.15, 0.2) is 172 Å². The lowest BCUT2D eigenvalue weighted by Crippen LogP contribution is -2.33. The molecule has 1 unspecified atom stereocenters. The van der Waals surface area contributed by atoms with Crippen LogP contribution in [-0.4, -0.2) is 16.2 Å². The second-order valence-corrected chi connectivity index (χ2v) is 12.2. The van der Waals surface area contributed by atoms with Crippen LogP contribution < -0.4 is 5.32 Å². The summed E-state index contributed by atoms with van der Waals surface area (Å²) in [6, 6.07) is 54.8. The molecule has 0 aliphatic carbocycles. The van der Waals surface area contributed by atoms with Gasteiger partial charge in [-0.2, -0.15) is 0 Å². The van der Waals surface area contributed by atoms with E-state index in [4.69, 9.17) is 14.4 Å². The molecule has 0 spiro atoms. The number of aliphatic imine (C=N–C) groups is 2. The summed E-state index contributed by atoms with van der Waals surface area (Å²) in [6.45, 7) is 0. The Kier molecular flexibility index (Phi) is 5.87. The Morgan fingerprint density at radius 3 is 2.02 bits per heavy atom. The van der Waals surface area contributed by atoms with Gasteiger partial charge in [0.15, 0.2) is 11.4 Å². The average Bonchev–Trinajstić information content (AvgIpc) is 3.73. The van der Waals surface area contributed by atoms with Crippen LogP contribution in [0.1, 0.15) is 22.9 Å². The summed E-state index contributed by atoms with van der Waals surface area (Å²) in [5, 5.41) is 10.7. The minimum atomic E-state index is -0.271. The zero-order valence-corrected chi connectivity index (χ0v) is 25.8. The number of para-hydroxylation sites is 2. The van der Waals surface area contributed by atoms with Crippen LogP contribution in [-0.2, 0) is 0 Å². The van der Waals surface area contributed by atoms with E-state index in [9.17, 15) is 0 Å². The molecule has 0 radical (unpaired) electrons. The van der Waals surface area contributed by atoms with Crippen LogP contribution in [0.25, 0.3) is 60.2 Å². The minimum Gasteiger partial charge on any atom is -0.454 e. The van der Waals surface area contributed by atoms with E-state index >= 15 is 0 Å². The van der Waals surface area contributed by atoms with Crippen LogP contribution in [0.2, 0.25) is 0 Å². The number of hydrogen-bond acceptors (Lipinski definition) is 4. The molecule has 1 aliphatic heterocycles. The van der Waals surface area contributed by atoms with Crippen molar-refractivity contribution in [3.63, 3.8) is 0 Å². The fourth-order valence-corrected chi connectivity index (χ4v) is 7.31. The molecule has 7 aromatic carbocycles. The Morgan fingerprint density at radius 1 is 0.562 bits per heavy atom. The predicted octanol–water partition coefficient (Wildman–Crippen LogP) is 10.3. The van der Waals surface area contributed by atoms with E-state index < -0.39 is 0 Å². The maximum atomic E-state index is 6.77. The number of fused-ring (bicyclic) bond motifs is 10. The summed E-state index contributed by atoms with van der Waals surface area (Å²) in [7, 11) is 0. The fourth-order valence-electron chi connectivity index (χ4n) is 7.31. The number of hydrogen-bond donors (Lipinski definition) is 1. The Balaban J connectivity index is 1.23. The van der Waals surface area contributed by atoms with Crippen LogP contribution in [0.4, 0.5) is 0 Å². The zero-order chi connectivity index (χ0) is 31.6. The smallest absolute Gasteiger partial charge is 0.160 e. The van der Waals surface area contributed by atoms with Gasteiger partial charge in [0, 0.05) is 38.4 Å². The average molecular weight is 617 g/mol. The van der Waals surface area contributed by atoms with E-state index in [1.54, 1.807) is 0 Å². The van der Waals surface area contributed by atoms with Gasteiger partial charge < -0.3 is 14.3 Å². The first-order valence-corrected chi connectivity index (χ1v) is 16.2. The van der Waals surface area contributed by atoms with Crippen molar-refractivity contribution in [3.8, 4) is 5.69 Å². The monoisotopic (exact) mass is 616 g/mol. The van der Waals surface area contributed by atoms with Crippen molar-refractivity contribution in [2.45, 2.75) is 6.17 Å². The SMILES string of the molecule is c1ccc(C2=NC(c3ccccc3)NC(c3cccc(-n4c5ccccc5c5c6ccccc6c6c7ccccc7oc6c54)c3)=N2)cc1. The molecular weight excluding hydrogens is 589 g/mol. The Morgan fingerprint density at radius 2 is 1.21 bits per heavy atom. The summed E-state index contributed by atoms with van der Waals surface area (Å²) in [5.74, 6) is 1.48. The number of rotatable bonds is 4. The standard InChI is InChI=1S/C43H28N4O/c1-3-14-27(15-4-1)41-44-42(28-16-5-2-6-17-28)46-43(45-41)29-18-13-19-30(26-29)47-35-24-11-9-22-33(35)37-31-20-7-8-21-32(31)38-34-23-10-12-25-36(34)48-40(38)39(37)47/h1-26,41H,(H,44,45,46). The number of nitrogens with one attached hydrogen (secondary N) is 1. The van der Waals surface area contributed by atoms with Gasteiger partial charge in [-0.25, -0.2) is 9.98 Å². The molecule has 0 bridgehead atoms. The Labute approximate surface area is 276 Å². The van der Waals surface area contributed by atoms with E-state index in [0.717, 1.165) is 61.2 Å². The normalized spacial score (nSPS) is 14.9. The molecule has 5 nitrogen and oxygen atoms in total. The molecular formula is C43H28N4O. The molecule has 226 valence electrons. The molecule has 1 N–H and O–H groups in total. The van der Waals surface area contributed by atoms with Gasteiger partial charge >= 0.3 is 0 Å². The fraction of sp³-hybridized carbons (Fsp3) is 0.0233. The lowest BCUT2D eigenvalue weighted by Gasteiger charge is -2.24. The highest BCUT2D eigenvalue weighted by Gasteiger charge is 2.24. The first-order valence-electron chi connectivity index (χ1n) is 16.2. The summed E-state index contributed by atoms with van der Waals surface area (Å²) in [5.41, 5.74) is 8.02. The lowest BCUT2D eigenvalue weighted by molar-refractivity contribution is 0.671. The number of nitrogens with zero attached hydrogens (tertiary/aromatic N) is 3. The van der Waals surface area contributed by atoms with Crippen LogP contribution in [0.5, 0.6) is 0 Å². The molecule has 48 heavy (non-hydrogen) atoms. The third-order valence-corrected chi connectivity index (χ3v) is 9.42. The van der Waals surface area contributed by atoms with Crippen molar-refractivity contribution in [1.29, 1.82) is 0 Å². The first-order chi connectivity index (χ1) is 23.8. The van der Waals surface area contributed by atoms with E-state index in [-0.39, 0.29) is 6.17 Å². The second kappa shape index (κ2) is 10.5. The number of furan rings is 1. The maximum Gasteiger partial charge on any atom is 0.160 e. The third kappa shape index (κ3) is 4.04. The van der Waals surface area contributed by atoms with Gasteiger partial charge in [0.1, 0.15) is 17.6 Å². The molecule has 0 fully saturated rings. The number of aromatic nitrogens is 1. The molecule has 5 heteroatoms. The third-order valence-electron chi connectivity index (χ3n) is 9.42. The van der Waals surface area contributed by atoms with Crippen molar-refractivity contribution in [1.82, 2.24) is 9.88 Å². The topological polar surface area (TPSA) is 54.8 Å². The van der Waals surface area contributed by atoms with Crippen molar-refractivity contribution < 1.29 is 4.42 Å². The van der Waals surface area contributed by atoms with Crippen LogP contribution in [0.3, 0.4) is 0 Å². The largest absolute Gasteiger partial charge is 0.454 e. The Bertz CT molecular complexity index is 2750. The molecule has 9 aromatic rings. The van der Waals surface area contributed by atoms with Gasteiger partial charge in [0.2, 0.25) is 0 Å². The van der Waals surface area contributed by atoms with E-state index in [2.05, 4.69) is 125 Å². The Hall–Kier alpha value is -6.46. The summed E-state index contributed by atoms with van der Waals surface area (Å²) >= 11 is 0. The van der Waals surface area contributed by atoms with Crippen LogP contribution >= 0.6 is 0 Å². The summed E-state index contributed by atoms with van der Waals surface area (Å²) in [6.07, 6.45) is -0.271. The van der Waals surface area contributed by atoms with Crippen molar-refractivity contribution >= 4 is 66.2 Å². The van der Waals surface area contributed by atoms with E-state index in [1.165, 1.54) is 21.5 Å². The van der Waals surface area contributed by atoms with Crippen LogP contribution in [0, 0.1) is 0 Å². The molecule has 0 saturated carbocycles. The van der Waals surface area contributed by atoms with E-state index in [1.807, 2.05) is 42.5 Å². The van der Waals surface area contributed by atoms with Gasteiger partial charge in [-0.1, -0.05) is 133 Å². The van der Waals surface area contributed by atoms with Crippen molar-refractivity contribution in [2.24, 2.45) is 9.98 Å². The highest BCUT2D eigenvalue weighted by molar-refractivity contribution is 6.35. The molecule has 2 aromatic heterocycles. The van der Waals surface area contributed by atoms with Gasteiger partial charge in [-0.05, 0) is 40.6 Å². The first kappa shape index (κ1) is 26.7. The van der Waals surface area contributed by atoms with Crippen molar-refractivity contribution in [3.05, 3.63) is 174 Å².